The zero-order valence-electron chi connectivity index (χ0n) is 19.9. The number of amides is 2. The van der Waals surface area contributed by atoms with Crippen LogP contribution in [-0.4, -0.2) is 29.0 Å². The van der Waals surface area contributed by atoms with E-state index in [1.807, 2.05) is 0 Å². The minimum Gasteiger partial charge on any atom is -0.366 e. The Kier molecular flexibility index (Phi) is 6.97. The van der Waals surface area contributed by atoms with E-state index in [4.69, 9.17) is 35.4 Å². The molecule has 4 rings (SSSR count). The Morgan fingerprint density at radius 2 is 1.94 bits per heavy atom. The number of nitrogens with zero attached hydrogens (tertiary/aromatic N) is 2. The molecule has 0 bridgehead atoms. The predicted molar refractivity (Wildman–Crippen MR) is 144 cm³/mol. The van der Waals surface area contributed by atoms with Crippen LogP contribution in [0.2, 0.25) is 10.0 Å². The fraction of sp³-hybridized carbons (Fsp3) is 0.346. The molecule has 184 valence electrons. The van der Waals surface area contributed by atoms with Gasteiger partial charge in [0.1, 0.15) is 11.4 Å². The van der Waals surface area contributed by atoms with Crippen LogP contribution in [0.1, 0.15) is 57.6 Å². The third-order valence-corrected chi connectivity index (χ3v) is 7.62. The van der Waals surface area contributed by atoms with Crippen molar-refractivity contribution in [2.75, 3.05) is 16.3 Å². The lowest BCUT2D eigenvalue weighted by Gasteiger charge is -2.47. The molecule has 1 saturated heterocycles. The summed E-state index contributed by atoms with van der Waals surface area (Å²) in [7, 11) is 0. The van der Waals surface area contributed by atoms with Crippen molar-refractivity contribution in [3.63, 3.8) is 0 Å². The zero-order chi connectivity index (χ0) is 25.7. The van der Waals surface area contributed by atoms with Crippen molar-refractivity contribution in [1.82, 2.24) is 5.32 Å². The number of hydrogen-bond acceptors (Lipinski definition) is 4. The number of carbonyl (C=O) groups excluding carboxylic acids is 2. The molecule has 2 aromatic carbocycles. The van der Waals surface area contributed by atoms with Gasteiger partial charge in [-0.1, -0.05) is 43.1 Å². The van der Waals surface area contributed by atoms with Gasteiger partial charge in [0.2, 0.25) is 0 Å². The summed E-state index contributed by atoms with van der Waals surface area (Å²) in [5.41, 5.74) is 1.87. The van der Waals surface area contributed by atoms with Crippen LogP contribution in [0.5, 0.6) is 0 Å². The second kappa shape index (κ2) is 9.52. The molecule has 0 saturated carbocycles. The lowest BCUT2D eigenvalue weighted by molar-refractivity contribution is -0.122. The molecule has 35 heavy (non-hydrogen) atoms. The zero-order valence-corrected chi connectivity index (χ0v) is 22.2. The van der Waals surface area contributed by atoms with Gasteiger partial charge in [0.25, 0.3) is 11.8 Å². The van der Waals surface area contributed by atoms with Crippen molar-refractivity contribution in [3.8, 4) is 0 Å². The molecule has 1 N–H and O–H groups in total. The lowest BCUT2D eigenvalue weighted by atomic mass is 9.79. The highest BCUT2D eigenvalue weighted by Crippen LogP contribution is 2.44. The normalized spacial score (nSPS) is 20.8. The highest BCUT2D eigenvalue weighted by Gasteiger charge is 2.38. The third kappa shape index (κ3) is 4.57. The van der Waals surface area contributed by atoms with Crippen molar-refractivity contribution in [1.29, 1.82) is 0 Å². The number of rotatable bonds is 4. The van der Waals surface area contributed by atoms with E-state index in [0.29, 0.717) is 0 Å². The van der Waals surface area contributed by atoms with Gasteiger partial charge in [0.15, 0.2) is 5.11 Å². The first kappa shape index (κ1) is 25.6. The molecule has 0 aliphatic carbocycles. The van der Waals surface area contributed by atoms with E-state index in [1.54, 1.807) is 24.3 Å². The molecule has 5 nitrogen and oxygen atoms in total. The Hall–Kier alpha value is -2.48. The van der Waals surface area contributed by atoms with E-state index in [1.165, 1.54) is 12.1 Å². The van der Waals surface area contributed by atoms with Gasteiger partial charge in [0, 0.05) is 23.3 Å². The van der Waals surface area contributed by atoms with Gasteiger partial charge in [-0.15, -0.1) is 0 Å². The molecule has 2 aromatic rings. The molecule has 0 spiro atoms. The number of benzene rings is 2. The van der Waals surface area contributed by atoms with E-state index in [-0.39, 0.29) is 43.4 Å². The van der Waals surface area contributed by atoms with Crippen molar-refractivity contribution in [2.45, 2.75) is 52.0 Å². The molecule has 0 radical (unpaired) electrons. The van der Waals surface area contributed by atoms with Crippen molar-refractivity contribution in [3.05, 3.63) is 62.9 Å². The molecule has 1 fully saturated rings. The molecule has 2 amide bonds. The Labute approximate surface area is 219 Å². The summed E-state index contributed by atoms with van der Waals surface area (Å²) >= 11 is 17.6. The Balaban J connectivity index is 1.79. The van der Waals surface area contributed by atoms with Crippen LogP contribution in [0.25, 0.3) is 6.08 Å². The van der Waals surface area contributed by atoms with Crippen LogP contribution < -0.4 is 15.1 Å². The molecular weight excluding hydrogens is 508 g/mol. The Morgan fingerprint density at radius 3 is 2.63 bits per heavy atom. The second-order valence-corrected chi connectivity index (χ2v) is 10.7. The fourth-order valence-electron chi connectivity index (χ4n) is 4.98. The van der Waals surface area contributed by atoms with Gasteiger partial charge in [-0.3, -0.25) is 19.8 Å². The highest BCUT2D eigenvalue weighted by atomic mass is 35.5. The van der Waals surface area contributed by atoms with Gasteiger partial charge < -0.3 is 4.90 Å². The van der Waals surface area contributed by atoms with Crippen LogP contribution >= 0.6 is 35.4 Å². The number of fused-ring (bicyclic) bond motifs is 1. The van der Waals surface area contributed by atoms with E-state index in [9.17, 15) is 9.59 Å². The lowest BCUT2D eigenvalue weighted by Crippen LogP contribution is -2.54. The fourth-order valence-corrected chi connectivity index (χ4v) is 5.63. The quantitative estimate of drug-likeness (QED) is 0.278. The van der Waals surface area contributed by atoms with Crippen LogP contribution in [-0.2, 0) is 9.59 Å². The summed E-state index contributed by atoms with van der Waals surface area (Å²) in [6.45, 7) is 9.34. The van der Waals surface area contributed by atoms with Gasteiger partial charge in [-0.2, -0.15) is 0 Å². The van der Waals surface area contributed by atoms with E-state index in [0.717, 1.165) is 35.5 Å². The standard InChI is InChI=1S/C26H26Cl2FN3O2S/c1-5-9-31-21-12-19(29)15(10-16(21)14(2)13-26(31,3)4)11-17-23(33)30-25(35)32(24(17)34)20-8-6-7-18(27)22(20)28/h6-8,10-12,14H,5,9,13H2,1-4H3,(H,30,33,35)/b17-11-. The minimum atomic E-state index is -0.707. The summed E-state index contributed by atoms with van der Waals surface area (Å²) in [5, 5.41) is 2.72. The smallest absolute Gasteiger partial charge is 0.270 e. The maximum Gasteiger partial charge on any atom is 0.270 e. The maximum absolute atomic E-state index is 15.4. The molecular formula is C26H26Cl2FN3O2S. The van der Waals surface area contributed by atoms with Crippen LogP contribution in [0, 0.1) is 5.82 Å². The minimum absolute atomic E-state index is 0.111. The first-order valence-corrected chi connectivity index (χ1v) is 12.6. The molecule has 0 aromatic heterocycles. The van der Waals surface area contributed by atoms with Gasteiger partial charge in [-0.05, 0) is 80.7 Å². The summed E-state index contributed by atoms with van der Waals surface area (Å²) in [6, 6.07) is 8.01. The average molecular weight is 534 g/mol. The second-order valence-electron chi connectivity index (χ2n) is 9.53. The number of carbonyl (C=O) groups is 2. The van der Waals surface area contributed by atoms with Crippen molar-refractivity contribution < 1.29 is 14.0 Å². The topological polar surface area (TPSA) is 52.7 Å². The highest BCUT2D eigenvalue weighted by molar-refractivity contribution is 7.80. The monoisotopic (exact) mass is 533 g/mol. The van der Waals surface area contributed by atoms with E-state index in [2.05, 4.69) is 37.9 Å². The number of halogens is 3. The van der Waals surface area contributed by atoms with Crippen molar-refractivity contribution in [2.24, 2.45) is 0 Å². The summed E-state index contributed by atoms with van der Waals surface area (Å²) in [6.07, 6.45) is 3.11. The number of anilines is 2. The Bertz CT molecular complexity index is 1280. The van der Waals surface area contributed by atoms with Crippen LogP contribution in [0.3, 0.4) is 0 Å². The average Bonchev–Trinajstić information content (AvgIpc) is 2.77. The van der Waals surface area contributed by atoms with Gasteiger partial charge in [0.05, 0.1) is 15.7 Å². The first-order chi connectivity index (χ1) is 16.5. The van der Waals surface area contributed by atoms with Crippen LogP contribution in [0.15, 0.2) is 35.9 Å². The molecule has 1 atom stereocenters. The SMILES string of the molecule is CCCN1c2cc(F)c(/C=C3/C(=O)NC(=S)N(c4cccc(Cl)c4Cl)C3=O)cc2C(C)CC1(C)C. The maximum atomic E-state index is 15.4. The van der Waals surface area contributed by atoms with Crippen molar-refractivity contribution >= 4 is 69.8 Å². The number of thiocarbonyl (C=S) groups is 1. The Morgan fingerprint density at radius 1 is 1.23 bits per heavy atom. The number of hydrogen-bond donors (Lipinski definition) is 1. The third-order valence-electron chi connectivity index (χ3n) is 6.52. The summed E-state index contributed by atoms with van der Waals surface area (Å²) in [4.78, 5) is 29.4. The summed E-state index contributed by atoms with van der Waals surface area (Å²) in [5.74, 6) is -1.74. The predicted octanol–water partition coefficient (Wildman–Crippen LogP) is 6.47. The van der Waals surface area contributed by atoms with Crippen LogP contribution in [0.4, 0.5) is 15.8 Å². The molecule has 2 aliphatic rings. The molecule has 2 aliphatic heterocycles. The van der Waals surface area contributed by atoms with E-state index < -0.39 is 17.6 Å². The number of nitrogens with one attached hydrogen (secondary N) is 1. The summed E-state index contributed by atoms with van der Waals surface area (Å²) < 4.78 is 15.4. The molecule has 9 heteroatoms. The first-order valence-electron chi connectivity index (χ1n) is 11.4. The largest absolute Gasteiger partial charge is 0.366 e. The molecule has 1 unspecified atom stereocenters. The van der Waals surface area contributed by atoms with E-state index >= 15 is 4.39 Å². The molecule has 2 heterocycles. The van der Waals surface area contributed by atoms with Gasteiger partial charge in [-0.25, -0.2) is 4.39 Å². The van der Waals surface area contributed by atoms with Gasteiger partial charge >= 0.3 is 0 Å².